The number of methoxy groups -OCH3 is 1. The van der Waals surface area contributed by atoms with E-state index in [4.69, 9.17) is 4.74 Å². The molecule has 0 unspecified atom stereocenters. The van der Waals surface area contributed by atoms with Gasteiger partial charge in [-0.2, -0.15) is 0 Å². The van der Waals surface area contributed by atoms with E-state index in [9.17, 15) is 4.79 Å². The van der Waals surface area contributed by atoms with Crippen LogP contribution in [0.3, 0.4) is 0 Å². The summed E-state index contributed by atoms with van der Waals surface area (Å²) >= 11 is 0. The number of carbonyl (C=O) groups excluding carboxylic acids is 1. The van der Waals surface area contributed by atoms with Crippen molar-refractivity contribution in [3.63, 3.8) is 0 Å². The van der Waals surface area contributed by atoms with E-state index in [0.717, 1.165) is 22.3 Å². The Hall–Kier alpha value is -4.27. The maximum absolute atomic E-state index is 11.5. The number of carbonyl (C=O) groups is 1. The number of fused-ring (bicyclic) bond motifs is 1. The number of hydrogen-bond donors (Lipinski definition) is 0. The van der Waals surface area contributed by atoms with Gasteiger partial charge in [0, 0.05) is 22.3 Å². The number of hydrogen-bond acceptors (Lipinski definition) is 2. The molecule has 0 aliphatic carbocycles. The van der Waals surface area contributed by atoms with E-state index < -0.39 is 0 Å². The Morgan fingerprint density at radius 1 is 0.600 bits per heavy atom. The molecule has 142 valence electrons. The lowest BCUT2D eigenvalue weighted by Gasteiger charge is -1.98. The molecule has 0 aliphatic rings. The van der Waals surface area contributed by atoms with Crippen molar-refractivity contribution in [3.05, 3.63) is 119 Å². The minimum absolute atomic E-state index is 0.354. The average molecular weight is 386 g/mol. The van der Waals surface area contributed by atoms with E-state index in [0.29, 0.717) is 5.56 Å². The lowest BCUT2D eigenvalue weighted by Crippen LogP contribution is -2.00. The van der Waals surface area contributed by atoms with Crippen LogP contribution in [0.25, 0.3) is 10.8 Å². The summed E-state index contributed by atoms with van der Waals surface area (Å²) in [5, 5.41) is 2.39. The second-order valence-electron chi connectivity index (χ2n) is 6.71. The minimum atomic E-state index is -0.354. The highest BCUT2D eigenvalue weighted by molar-refractivity contribution is 5.89. The smallest absolute Gasteiger partial charge is 0.337 e. The molecule has 0 radical (unpaired) electrons. The molecule has 30 heavy (non-hydrogen) atoms. The molecule has 0 saturated heterocycles. The minimum Gasteiger partial charge on any atom is -0.465 e. The second kappa shape index (κ2) is 8.82. The predicted molar refractivity (Wildman–Crippen MR) is 120 cm³/mol. The molecule has 4 rings (SSSR count). The average Bonchev–Trinajstić information content (AvgIpc) is 2.81. The van der Waals surface area contributed by atoms with Crippen molar-refractivity contribution in [1.29, 1.82) is 0 Å². The first kappa shape index (κ1) is 19.1. The summed E-state index contributed by atoms with van der Waals surface area (Å²) in [5.74, 6) is 12.4. The number of esters is 1. The highest BCUT2D eigenvalue weighted by Gasteiger charge is 2.03. The third kappa shape index (κ3) is 4.58. The van der Waals surface area contributed by atoms with Crippen LogP contribution in [-0.2, 0) is 4.74 Å². The molecule has 0 spiro atoms. The molecule has 0 atom stereocenters. The van der Waals surface area contributed by atoms with Gasteiger partial charge in [-0.3, -0.25) is 0 Å². The monoisotopic (exact) mass is 386 g/mol. The molecule has 0 heterocycles. The van der Waals surface area contributed by atoms with Crippen LogP contribution < -0.4 is 0 Å². The van der Waals surface area contributed by atoms with Gasteiger partial charge in [0.1, 0.15) is 0 Å². The van der Waals surface area contributed by atoms with Crippen LogP contribution in [-0.4, -0.2) is 13.1 Å². The molecular formula is C28H18O2. The van der Waals surface area contributed by atoms with Crippen LogP contribution >= 0.6 is 0 Å². The SMILES string of the molecule is COC(=O)c1ccc(C#Cc2cccc(C#Cc3ccc4ccccc4c3)c2)cc1. The standard InChI is InChI=1S/C28H18O2/c1-30-28(29)26-17-13-21(14-18-26)9-10-22-5-4-6-23(19-22)11-12-24-15-16-25-7-2-3-8-27(25)20-24/h2-8,13-20H,1H3. The zero-order valence-corrected chi connectivity index (χ0v) is 16.5. The molecule has 0 fully saturated rings. The maximum Gasteiger partial charge on any atom is 0.337 e. The molecule has 0 amide bonds. The topological polar surface area (TPSA) is 26.3 Å². The Balaban J connectivity index is 1.53. The second-order valence-corrected chi connectivity index (χ2v) is 6.71. The summed E-state index contributed by atoms with van der Waals surface area (Å²) in [6.07, 6.45) is 0. The van der Waals surface area contributed by atoms with Crippen molar-refractivity contribution < 1.29 is 9.53 Å². The van der Waals surface area contributed by atoms with Gasteiger partial charge in [-0.05, 0) is 65.4 Å². The third-order valence-electron chi connectivity index (χ3n) is 4.62. The Morgan fingerprint density at radius 2 is 1.17 bits per heavy atom. The molecule has 0 N–H and O–H groups in total. The van der Waals surface area contributed by atoms with Crippen molar-refractivity contribution in [2.24, 2.45) is 0 Å². The third-order valence-corrected chi connectivity index (χ3v) is 4.62. The fourth-order valence-corrected chi connectivity index (χ4v) is 3.04. The molecule has 0 aliphatic heterocycles. The summed E-state index contributed by atoms with van der Waals surface area (Å²) in [6.45, 7) is 0. The van der Waals surface area contributed by atoms with E-state index in [1.807, 2.05) is 54.6 Å². The Kier molecular flexibility index (Phi) is 5.61. The van der Waals surface area contributed by atoms with Gasteiger partial charge < -0.3 is 4.74 Å². The van der Waals surface area contributed by atoms with E-state index >= 15 is 0 Å². The van der Waals surface area contributed by atoms with Crippen LogP contribution in [0.1, 0.15) is 32.6 Å². The molecule has 0 saturated carbocycles. The first-order chi connectivity index (χ1) is 14.7. The van der Waals surface area contributed by atoms with E-state index in [2.05, 4.69) is 47.9 Å². The molecule has 2 heteroatoms. The van der Waals surface area contributed by atoms with Crippen molar-refractivity contribution in [2.75, 3.05) is 7.11 Å². The Morgan fingerprint density at radius 3 is 1.83 bits per heavy atom. The van der Waals surface area contributed by atoms with Crippen molar-refractivity contribution >= 4 is 16.7 Å². The fraction of sp³-hybridized carbons (Fsp3) is 0.0357. The summed E-state index contributed by atoms with van der Waals surface area (Å²) < 4.78 is 4.71. The first-order valence-electron chi connectivity index (χ1n) is 9.52. The van der Waals surface area contributed by atoms with Crippen LogP contribution in [0.5, 0.6) is 0 Å². The zero-order valence-electron chi connectivity index (χ0n) is 16.5. The van der Waals surface area contributed by atoms with Gasteiger partial charge in [-0.25, -0.2) is 4.79 Å². The lowest BCUT2D eigenvalue weighted by molar-refractivity contribution is 0.0600. The molecule has 0 aromatic heterocycles. The van der Waals surface area contributed by atoms with Gasteiger partial charge in [-0.1, -0.05) is 60.1 Å². The summed E-state index contributed by atoms with van der Waals surface area (Å²) in [6, 6.07) is 29.4. The van der Waals surface area contributed by atoms with Gasteiger partial charge in [0.15, 0.2) is 0 Å². The van der Waals surface area contributed by atoms with E-state index in [1.165, 1.54) is 17.9 Å². The van der Waals surface area contributed by atoms with Gasteiger partial charge in [0.05, 0.1) is 12.7 Å². The van der Waals surface area contributed by atoms with E-state index in [-0.39, 0.29) is 5.97 Å². The molecule has 4 aromatic carbocycles. The van der Waals surface area contributed by atoms with Crippen LogP contribution in [0.15, 0.2) is 91.0 Å². The molecule has 0 bridgehead atoms. The predicted octanol–water partition coefficient (Wildman–Crippen LogP) is 5.43. The first-order valence-corrected chi connectivity index (χ1v) is 9.52. The van der Waals surface area contributed by atoms with Crippen LogP contribution in [0.2, 0.25) is 0 Å². The normalized spacial score (nSPS) is 9.77. The summed E-state index contributed by atoms with van der Waals surface area (Å²) in [4.78, 5) is 11.5. The van der Waals surface area contributed by atoms with E-state index in [1.54, 1.807) is 12.1 Å². The van der Waals surface area contributed by atoms with Crippen molar-refractivity contribution in [2.45, 2.75) is 0 Å². The molecular weight excluding hydrogens is 368 g/mol. The zero-order chi connectivity index (χ0) is 20.8. The van der Waals surface area contributed by atoms with Gasteiger partial charge in [0.2, 0.25) is 0 Å². The van der Waals surface area contributed by atoms with Crippen molar-refractivity contribution in [3.8, 4) is 23.7 Å². The highest BCUT2D eigenvalue weighted by Crippen LogP contribution is 2.15. The number of ether oxygens (including phenoxy) is 1. The van der Waals surface area contributed by atoms with Gasteiger partial charge in [-0.15, -0.1) is 0 Å². The quantitative estimate of drug-likeness (QED) is 0.322. The largest absolute Gasteiger partial charge is 0.465 e. The van der Waals surface area contributed by atoms with Gasteiger partial charge in [0.25, 0.3) is 0 Å². The summed E-state index contributed by atoms with van der Waals surface area (Å²) in [5.41, 5.74) is 4.12. The Bertz CT molecular complexity index is 1340. The van der Waals surface area contributed by atoms with Crippen LogP contribution in [0.4, 0.5) is 0 Å². The Labute approximate surface area is 176 Å². The number of benzene rings is 4. The van der Waals surface area contributed by atoms with Crippen molar-refractivity contribution in [1.82, 2.24) is 0 Å². The summed E-state index contributed by atoms with van der Waals surface area (Å²) in [7, 11) is 1.37. The molecule has 2 nitrogen and oxygen atoms in total. The maximum atomic E-state index is 11.5. The van der Waals surface area contributed by atoms with Gasteiger partial charge >= 0.3 is 5.97 Å². The molecule has 4 aromatic rings. The lowest BCUT2D eigenvalue weighted by atomic mass is 10.1. The fourth-order valence-electron chi connectivity index (χ4n) is 3.04. The number of rotatable bonds is 1. The highest BCUT2D eigenvalue weighted by atomic mass is 16.5. The van der Waals surface area contributed by atoms with Crippen LogP contribution in [0, 0.1) is 23.7 Å².